The van der Waals surface area contributed by atoms with Crippen LogP contribution in [0, 0.1) is 5.82 Å². The lowest BCUT2D eigenvalue weighted by atomic mass is 10.1. The Morgan fingerprint density at radius 3 is 2.67 bits per heavy atom. The number of ether oxygens (including phenoxy) is 2. The molecule has 0 saturated heterocycles. The summed E-state index contributed by atoms with van der Waals surface area (Å²) in [5.74, 6) is 0.949. The van der Waals surface area contributed by atoms with E-state index in [0.29, 0.717) is 41.7 Å². The van der Waals surface area contributed by atoms with Crippen LogP contribution in [-0.2, 0) is 6.61 Å². The molecule has 1 aliphatic heterocycles. The maximum Gasteiger partial charge on any atom is 0.162 e. The minimum absolute atomic E-state index is 0.196. The average molecular weight is 326 g/mol. The second-order valence-electron chi connectivity index (χ2n) is 5.42. The number of nitrogens with zero attached hydrogens (tertiary/aromatic N) is 2. The van der Waals surface area contributed by atoms with Gasteiger partial charge in [-0.2, -0.15) is 5.10 Å². The fourth-order valence-corrected chi connectivity index (χ4v) is 2.72. The SMILES string of the molecule is OCc1cn(-c2ccccc2F)nc1-c1ccc2c(c1)OCCO2. The molecule has 0 unspecified atom stereocenters. The number of rotatable bonds is 3. The smallest absolute Gasteiger partial charge is 0.162 e. The maximum atomic E-state index is 14.0. The third-order valence-electron chi connectivity index (χ3n) is 3.88. The molecule has 0 bridgehead atoms. The molecule has 1 aliphatic rings. The van der Waals surface area contributed by atoms with Crippen molar-refractivity contribution in [1.82, 2.24) is 9.78 Å². The monoisotopic (exact) mass is 326 g/mol. The quantitative estimate of drug-likeness (QED) is 0.804. The topological polar surface area (TPSA) is 56.5 Å². The summed E-state index contributed by atoms with van der Waals surface area (Å²) in [6, 6.07) is 11.9. The molecule has 24 heavy (non-hydrogen) atoms. The molecule has 0 amide bonds. The van der Waals surface area contributed by atoms with Crippen molar-refractivity contribution >= 4 is 0 Å². The van der Waals surface area contributed by atoms with E-state index >= 15 is 0 Å². The Morgan fingerprint density at radius 2 is 1.88 bits per heavy atom. The molecule has 2 heterocycles. The first kappa shape index (κ1) is 14.7. The molecule has 5 nitrogen and oxygen atoms in total. The van der Waals surface area contributed by atoms with Crippen molar-refractivity contribution < 1.29 is 19.0 Å². The van der Waals surface area contributed by atoms with Crippen molar-refractivity contribution in [1.29, 1.82) is 0 Å². The van der Waals surface area contributed by atoms with Crippen LogP contribution in [0.5, 0.6) is 11.5 Å². The lowest BCUT2D eigenvalue weighted by Gasteiger charge is -2.18. The van der Waals surface area contributed by atoms with Crippen molar-refractivity contribution in [2.24, 2.45) is 0 Å². The summed E-state index contributed by atoms with van der Waals surface area (Å²) in [6.07, 6.45) is 1.63. The van der Waals surface area contributed by atoms with E-state index in [-0.39, 0.29) is 12.4 Å². The largest absolute Gasteiger partial charge is 0.486 e. The number of para-hydroxylation sites is 1. The van der Waals surface area contributed by atoms with Crippen molar-refractivity contribution in [2.45, 2.75) is 6.61 Å². The second-order valence-corrected chi connectivity index (χ2v) is 5.42. The van der Waals surface area contributed by atoms with Gasteiger partial charge < -0.3 is 14.6 Å². The molecule has 2 aromatic carbocycles. The van der Waals surface area contributed by atoms with Gasteiger partial charge in [0.1, 0.15) is 24.7 Å². The van der Waals surface area contributed by atoms with Crippen LogP contribution in [0.4, 0.5) is 4.39 Å². The molecule has 0 spiro atoms. The molecule has 0 atom stereocenters. The summed E-state index contributed by atoms with van der Waals surface area (Å²) in [7, 11) is 0. The van der Waals surface area contributed by atoms with E-state index in [1.165, 1.54) is 10.7 Å². The predicted octanol–water partition coefficient (Wildman–Crippen LogP) is 2.94. The predicted molar refractivity (Wildman–Crippen MR) is 85.9 cm³/mol. The van der Waals surface area contributed by atoms with Crippen molar-refractivity contribution in [3.05, 3.63) is 60.0 Å². The van der Waals surface area contributed by atoms with E-state index in [2.05, 4.69) is 5.10 Å². The number of benzene rings is 2. The molecule has 6 heteroatoms. The number of halogens is 1. The summed E-state index contributed by atoms with van der Waals surface area (Å²) >= 11 is 0. The third-order valence-corrected chi connectivity index (χ3v) is 3.88. The lowest BCUT2D eigenvalue weighted by molar-refractivity contribution is 0.171. The molecule has 4 rings (SSSR count). The van der Waals surface area contributed by atoms with Crippen molar-refractivity contribution in [3.8, 4) is 28.4 Å². The fourth-order valence-electron chi connectivity index (χ4n) is 2.72. The zero-order chi connectivity index (χ0) is 16.5. The minimum atomic E-state index is -0.377. The van der Waals surface area contributed by atoms with Gasteiger partial charge in [0.2, 0.25) is 0 Å². The second kappa shape index (κ2) is 5.98. The number of aromatic nitrogens is 2. The van der Waals surface area contributed by atoms with Gasteiger partial charge >= 0.3 is 0 Å². The zero-order valence-corrected chi connectivity index (χ0v) is 12.8. The van der Waals surface area contributed by atoms with Gasteiger partial charge in [0.25, 0.3) is 0 Å². The average Bonchev–Trinajstić information content (AvgIpc) is 3.06. The highest BCUT2D eigenvalue weighted by Crippen LogP contribution is 2.35. The Balaban J connectivity index is 1.80. The molecule has 0 radical (unpaired) electrons. The fraction of sp³-hybridized carbons (Fsp3) is 0.167. The highest BCUT2D eigenvalue weighted by atomic mass is 19.1. The van der Waals surface area contributed by atoms with Gasteiger partial charge in [-0.1, -0.05) is 12.1 Å². The summed E-state index contributed by atoms with van der Waals surface area (Å²) in [4.78, 5) is 0. The number of fused-ring (bicyclic) bond motifs is 1. The van der Waals surface area contributed by atoms with E-state index in [1.807, 2.05) is 18.2 Å². The summed E-state index contributed by atoms with van der Waals surface area (Å²) < 4.78 is 26.5. The zero-order valence-electron chi connectivity index (χ0n) is 12.8. The van der Waals surface area contributed by atoms with Crippen LogP contribution < -0.4 is 9.47 Å². The summed E-state index contributed by atoms with van der Waals surface area (Å²) in [5, 5.41) is 14.1. The number of hydrogen-bond donors (Lipinski definition) is 1. The van der Waals surface area contributed by atoms with Gasteiger partial charge in [0.15, 0.2) is 11.5 Å². The normalized spacial score (nSPS) is 13.1. The van der Waals surface area contributed by atoms with E-state index in [1.54, 1.807) is 24.4 Å². The summed E-state index contributed by atoms with van der Waals surface area (Å²) in [6.45, 7) is 0.821. The van der Waals surface area contributed by atoms with Crippen LogP contribution in [0.15, 0.2) is 48.7 Å². The lowest BCUT2D eigenvalue weighted by Crippen LogP contribution is -2.15. The van der Waals surface area contributed by atoms with Gasteiger partial charge in [0.05, 0.1) is 12.3 Å². The van der Waals surface area contributed by atoms with Gasteiger partial charge in [-0.25, -0.2) is 9.07 Å². The molecule has 0 saturated carbocycles. The standard InChI is InChI=1S/C18H15FN2O3/c19-14-3-1-2-4-15(14)21-10-13(11-22)18(20-21)12-5-6-16-17(9-12)24-8-7-23-16/h1-6,9-10,22H,7-8,11H2. The Bertz CT molecular complexity index is 892. The van der Waals surface area contributed by atoms with E-state index in [4.69, 9.17) is 9.47 Å². The Morgan fingerprint density at radius 1 is 1.08 bits per heavy atom. The van der Waals surface area contributed by atoms with Gasteiger partial charge in [0, 0.05) is 17.3 Å². The summed E-state index contributed by atoms with van der Waals surface area (Å²) in [5.41, 5.74) is 2.29. The van der Waals surface area contributed by atoms with E-state index in [0.717, 1.165) is 5.56 Å². The first-order valence-electron chi connectivity index (χ1n) is 7.60. The van der Waals surface area contributed by atoms with Crippen LogP contribution in [-0.4, -0.2) is 28.1 Å². The van der Waals surface area contributed by atoms with Gasteiger partial charge in [-0.05, 0) is 30.3 Å². The minimum Gasteiger partial charge on any atom is -0.486 e. The Hall–Kier alpha value is -2.86. The number of aliphatic hydroxyl groups is 1. The van der Waals surface area contributed by atoms with Crippen molar-refractivity contribution in [2.75, 3.05) is 13.2 Å². The van der Waals surface area contributed by atoms with Crippen LogP contribution in [0.2, 0.25) is 0 Å². The van der Waals surface area contributed by atoms with Crippen LogP contribution in [0.3, 0.4) is 0 Å². The maximum absolute atomic E-state index is 14.0. The number of hydrogen-bond acceptors (Lipinski definition) is 4. The van der Waals surface area contributed by atoms with Crippen molar-refractivity contribution in [3.63, 3.8) is 0 Å². The molecule has 3 aromatic rings. The third kappa shape index (κ3) is 2.51. The molecule has 122 valence electrons. The first-order chi connectivity index (χ1) is 11.8. The van der Waals surface area contributed by atoms with Crippen LogP contribution in [0.1, 0.15) is 5.56 Å². The molecule has 1 aromatic heterocycles. The van der Waals surface area contributed by atoms with E-state index in [9.17, 15) is 9.50 Å². The van der Waals surface area contributed by atoms with Crippen LogP contribution >= 0.6 is 0 Å². The van der Waals surface area contributed by atoms with Gasteiger partial charge in [-0.15, -0.1) is 0 Å². The Labute approximate surface area is 137 Å². The van der Waals surface area contributed by atoms with Gasteiger partial charge in [-0.3, -0.25) is 0 Å². The molecule has 1 N–H and O–H groups in total. The molecular weight excluding hydrogens is 311 g/mol. The van der Waals surface area contributed by atoms with E-state index < -0.39 is 0 Å². The van der Waals surface area contributed by atoms with Crippen LogP contribution in [0.25, 0.3) is 16.9 Å². The first-order valence-corrected chi connectivity index (χ1v) is 7.60. The molecule has 0 aliphatic carbocycles. The highest BCUT2D eigenvalue weighted by Gasteiger charge is 2.17. The number of aliphatic hydroxyl groups excluding tert-OH is 1. The Kier molecular flexibility index (Phi) is 3.66. The molecule has 0 fully saturated rings. The highest BCUT2D eigenvalue weighted by molar-refractivity contribution is 5.67. The molecular formula is C18H15FN2O3.